The van der Waals surface area contributed by atoms with Crippen LogP contribution in [0.2, 0.25) is 0 Å². The number of nitrogens with zero attached hydrogens (tertiary/aromatic N) is 2. The maximum absolute atomic E-state index is 12.0. The highest BCUT2D eigenvalue weighted by molar-refractivity contribution is 5.94. The second-order valence-corrected chi connectivity index (χ2v) is 5.93. The molecule has 1 aliphatic rings. The van der Waals surface area contributed by atoms with Crippen LogP contribution in [0.4, 0.5) is 11.4 Å². The van der Waals surface area contributed by atoms with E-state index in [0.717, 1.165) is 18.8 Å². The van der Waals surface area contributed by atoms with Crippen LogP contribution in [0.3, 0.4) is 0 Å². The van der Waals surface area contributed by atoms with E-state index in [4.69, 9.17) is 5.26 Å². The van der Waals surface area contributed by atoms with Crippen LogP contribution in [0.15, 0.2) is 24.3 Å². The zero-order chi connectivity index (χ0) is 15.2. The van der Waals surface area contributed by atoms with Gasteiger partial charge in [0.05, 0.1) is 6.07 Å². The monoisotopic (exact) mass is 285 g/mol. The minimum absolute atomic E-state index is 0.0163. The van der Waals surface area contributed by atoms with E-state index in [0.29, 0.717) is 0 Å². The SMILES string of the molecule is CC(C)C(C#N)C(=O)Nc1ccc(N2CCCCC2)cc1. The molecule has 21 heavy (non-hydrogen) atoms. The van der Waals surface area contributed by atoms with E-state index in [-0.39, 0.29) is 11.8 Å². The number of piperidine rings is 1. The van der Waals surface area contributed by atoms with Crippen molar-refractivity contribution < 1.29 is 4.79 Å². The van der Waals surface area contributed by atoms with E-state index in [1.807, 2.05) is 38.1 Å². The molecule has 4 heteroatoms. The molecule has 1 aliphatic heterocycles. The molecule has 0 bridgehead atoms. The van der Waals surface area contributed by atoms with Crippen LogP contribution in [0.5, 0.6) is 0 Å². The van der Waals surface area contributed by atoms with Gasteiger partial charge >= 0.3 is 0 Å². The Morgan fingerprint density at radius 2 is 1.81 bits per heavy atom. The van der Waals surface area contributed by atoms with Crippen LogP contribution in [0.1, 0.15) is 33.1 Å². The Balaban J connectivity index is 1.99. The van der Waals surface area contributed by atoms with Crippen LogP contribution in [-0.4, -0.2) is 19.0 Å². The van der Waals surface area contributed by atoms with E-state index >= 15 is 0 Å². The average molecular weight is 285 g/mol. The fraction of sp³-hybridized carbons (Fsp3) is 0.529. The first kappa shape index (κ1) is 15.4. The molecule has 0 spiro atoms. The average Bonchev–Trinajstić information content (AvgIpc) is 2.49. The molecule has 1 aromatic rings. The van der Waals surface area contributed by atoms with Crippen LogP contribution < -0.4 is 10.2 Å². The van der Waals surface area contributed by atoms with E-state index in [1.54, 1.807) is 0 Å². The highest BCUT2D eigenvalue weighted by Crippen LogP contribution is 2.22. The summed E-state index contributed by atoms with van der Waals surface area (Å²) in [6.45, 7) is 5.98. The summed E-state index contributed by atoms with van der Waals surface area (Å²) in [6, 6.07) is 9.97. The molecule has 1 unspecified atom stereocenters. The van der Waals surface area contributed by atoms with Crippen molar-refractivity contribution in [3.05, 3.63) is 24.3 Å². The molecule has 1 N–H and O–H groups in total. The van der Waals surface area contributed by atoms with E-state index in [2.05, 4.69) is 16.3 Å². The van der Waals surface area contributed by atoms with E-state index in [9.17, 15) is 4.79 Å². The number of rotatable bonds is 4. The molecular weight excluding hydrogens is 262 g/mol. The molecule has 112 valence electrons. The topological polar surface area (TPSA) is 56.1 Å². The molecule has 1 amide bonds. The minimum atomic E-state index is -0.605. The van der Waals surface area contributed by atoms with Gasteiger partial charge in [-0.25, -0.2) is 0 Å². The number of anilines is 2. The molecular formula is C17H23N3O. The van der Waals surface area contributed by atoms with Gasteiger partial charge in [-0.1, -0.05) is 13.8 Å². The summed E-state index contributed by atoms with van der Waals surface area (Å²) in [5.41, 5.74) is 1.95. The number of nitriles is 1. The van der Waals surface area contributed by atoms with Crippen molar-refractivity contribution in [1.29, 1.82) is 5.26 Å². The number of hydrogen-bond donors (Lipinski definition) is 1. The summed E-state index contributed by atoms with van der Waals surface area (Å²) in [6.07, 6.45) is 3.81. The normalized spacial score (nSPS) is 16.4. The second kappa shape index (κ2) is 7.12. The van der Waals surface area contributed by atoms with Crippen molar-refractivity contribution in [3.63, 3.8) is 0 Å². The molecule has 1 fully saturated rings. The van der Waals surface area contributed by atoms with Gasteiger partial charge in [-0.15, -0.1) is 0 Å². The molecule has 2 rings (SSSR count). The fourth-order valence-electron chi connectivity index (χ4n) is 2.64. The first-order chi connectivity index (χ1) is 10.1. The van der Waals surface area contributed by atoms with Gasteiger partial charge in [0.25, 0.3) is 0 Å². The standard InChI is InChI=1S/C17H23N3O/c1-13(2)16(12-18)17(21)19-14-6-8-15(9-7-14)20-10-4-3-5-11-20/h6-9,13,16H,3-5,10-11H2,1-2H3,(H,19,21). The molecule has 1 aromatic carbocycles. The van der Waals surface area contributed by atoms with E-state index in [1.165, 1.54) is 24.9 Å². The third kappa shape index (κ3) is 3.98. The maximum atomic E-state index is 12.0. The predicted octanol–water partition coefficient (Wildman–Crippen LogP) is 3.41. The Kier molecular flexibility index (Phi) is 5.21. The number of amides is 1. The van der Waals surface area contributed by atoms with Crippen molar-refractivity contribution in [2.45, 2.75) is 33.1 Å². The second-order valence-electron chi connectivity index (χ2n) is 5.93. The van der Waals surface area contributed by atoms with Crippen molar-refractivity contribution in [1.82, 2.24) is 0 Å². The summed E-state index contributed by atoms with van der Waals surface area (Å²) in [5.74, 6) is -0.812. The van der Waals surface area contributed by atoms with Gasteiger partial charge in [-0.05, 0) is 49.4 Å². The maximum Gasteiger partial charge on any atom is 0.241 e. The molecule has 0 saturated carbocycles. The summed E-state index contributed by atoms with van der Waals surface area (Å²) in [4.78, 5) is 14.4. The summed E-state index contributed by atoms with van der Waals surface area (Å²) in [7, 11) is 0. The first-order valence-corrected chi connectivity index (χ1v) is 7.67. The Bertz CT molecular complexity index is 510. The van der Waals surface area contributed by atoms with Crippen LogP contribution in [0.25, 0.3) is 0 Å². The summed E-state index contributed by atoms with van der Waals surface area (Å²) >= 11 is 0. The predicted molar refractivity (Wildman–Crippen MR) is 85.1 cm³/mol. The lowest BCUT2D eigenvalue weighted by Gasteiger charge is -2.28. The van der Waals surface area contributed by atoms with Crippen LogP contribution in [0, 0.1) is 23.2 Å². The Hall–Kier alpha value is -2.02. The lowest BCUT2D eigenvalue weighted by atomic mass is 9.96. The van der Waals surface area contributed by atoms with Crippen molar-refractivity contribution in [3.8, 4) is 6.07 Å². The number of carbonyl (C=O) groups excluding carboxylic acids is 1. The highest BCUT2D eigenvalue weighted by atomic mass is 16.1. The zero-order valence-corrected chi connectivity index (χ0v) is 12.8. The summed E-state index contributed by atoms with van der Waals surface area (Å²) in [5, 5.41) is 11.9. The van der Waals surface area contributed by atoms with E-state index < -0.39 is 5.92 Å². The van der Waals surface area contributed by atoms with Gasteiger partial charge in [0.1, 0.15) is 5.92 Å². The van der Waals surface area contributed by atoms with Gasteiger partial charge in [0.2, 0.25) is 5.91 Å². The molecule has 1 heterocycles. The van der Waals surface area contributed by atoms with Crippen LogP contribution >= 0.6 is 0 Å². The Morgan fingerprint density at radius 1 is 1.19 bits per heavy atom. The number of nitrogens with one attached hydrogen (secondary N) is 1. The quantitative estimate of drug-likeness (QED) is 0.922. The van der Waals surface area contributed by atoms with Crippen molar-refractivity contribution in [2.75, 3.05) is 23.3 Å². The molecule has 1 saturated heterocycles. The third-order valence-corrected chi connectivity index (χ3v) is 3.94. The van der Waals surface area contributed by atoms with Gasteiger partial charge in [-0.2, -0.15) is 5.26 Å². The van der Waals surface area contributed by atoms with Gasteiger partial charge in [0, 0.05) is 24.5 Å². The number of hydrogen-bond acceptors (Lipinski definition) is 3. The Labute approximate surface area is 126 Å². The lowest BCUT2D eigenvalue weighted by molar-refractivity contribution is -0.119. The largest absolute Gasteiger partial charge is 0.372 e. The lowest BCUT2D eigenvalue weighted by Crippen LogP contribution is -2.29. The van der Waals surface area contributed by atoms with Crippen molar-refractivity contribution >= 4 is 17.3 Å². The van der Waals surface area contributed by atoms with Gasteiger partial charge < -0.3 is 10.2 Å². The smallest absolute Gasteiger partial charge is 0.241 e. The number of carbonyl (C=O) groups is 1. The zero-order valence-electron chi connectivity index (χ0n) is 12.8. The molecule has 0 aliphatic carbocycles. The molecule has 1 atom stereocenters. The summed E-state index contributed by atoms with van der Waals surface area (Å²) < 4.78 is 0. The molecule has 4 nitrogen and oxygen atoms in total. The third-order valence-electron chi connectivity index (χ3n) is 3.94. The highest BCUT2D eigenvalue weighted by Gasteiger charge is 2.21. The van der Waals surface area contributed by atoms with Crippen LogP contribution in [-0.2, 0) is 4.79 Å². The van der Waals surface area contributed by atoms with Gasteiger partial charge in [-0.3, -0.25) is 4.79 Å². The first-order valence-electron chi connectivity index (χ1n) is 7.67. The number of benzene rings is 1. The fourth-order valence-corrected chi connectivity index (χ4v) is 2.64. The Morgan fingerprint density at radius 3 is 2.33 bits per heavy atom. The van der Waals surface area contributed by atoms with Gasteiger partial charge in [0.15, 0.2) is 0 Å². The minimum Gasteiger partial charge on any atom is -0.372 e. The molecule has 0 aromatic heterocycles. The molecule has 0 radical (unpaired) electrons. The van der Waals surface area contributed by atoms with Crippen molar-refractivity contribution in [2.24, 2.45) is 11.8 Å².